The number of rotatable bonds is 4. The second kappa shape index (κ2) is 8.01. The van der Waals surface area contributed by atoms with E-state index in [-0.39, 0.29) is 0 Å². The highest BCUT2D eigenvalue weighted by Gasteiger charge is 2.11. The highest BCUT2D eigenvalue weighted by Crippen LogP contribution is 2.28. The zero-order valence-corrected chi connectivity index (χ0v) is 16.7. The van der Waals surface area contributed by atoms with Crippen molar-refractivity contribution in [1.82, 2.24) is 9.78 Å². The number of nitrogens with zero attached hydrogens (tertiary/aromatic N) is 3. The first kappa shape index (κ1) is 18.5. The van der Waals surface area contributed by atoms with Crippen molar-refractivity contribution >= 4 is 35.2 Å². The standard InChI is InChI=1S/C23H17Cl2N3/c1-16-10-12-17(13-11-16)22-14-23(28(27-22)18-6-3-2-4-7-18)26-15-19-20(24)8-5-9-21(19)25/h2-15H,1H3/b26-15+. The van der Waals surface area contributed by atoms with Gasteiger partial charge in [-0.25, -0.2) is 9.67 Å². The van der Waals surface area contributed by atoms with E-state index in [2.05, 4.69) is 36.2 Å². The van der Waals surface area contributed by atoms with Gasteiger partial charge in [-0.05, 0) is 31.2 Å². The van der Waals surface area contributed by atoms with Crippen LogP contribution in [-0.4, -0.2) is 16.0 Å². The molecule has 4 rings (SSSR count). The molecule has 0 unspecified atom stereocenters. The summed E-state index contributed by atoms with van der Waals surface area (Å²) >= 11 is 12.5. The SMILES string of the molecule is Cc1ccc(-c2cc(/N=C/c3c(Cl)cccc3Cl)n(-c3ccccc3)n2)cc1. The lowest BCUT2D eigenvalue weighted by molar-refractivity contribution is 0.885. The van der Waals surface area contributed by atoms with Gasteiger partial charge in [-0.1, -0.05) is 77.3 Å². The molecule has 0 fully saturated rings. The predicted octanol–water partition coefficient (Wildman–Crippen LogP) is 6.91. The van der Waals surface area contributed by atoms with Gasteiger partial charge in [0, 0.05) is 23.4 Å². The Labute approximate surface area is 173 Å². The van der Waals surface area contributed by atoms with E-state index < -0.39 is 0 Å². The van der Waals surface area contributed by atoms with E-state index in [1.165, 1.54) is 5.56 Å². The van der Waals surface area contributed by atoms with Crippen LogP contribution in [0.25, 0.3) is 16.9 Å². The van der Waals surface area contributed by atoms with E-state index >= 15 is 0 Å². The Kier molecular flexibility index (Phi) is 5.29. The van der Waals surface area contributed by atoms with E-state index in [1.807, 2.05) is 47.1 Å². The second-order valence-electron chi connectivity index (χ2n) is 6.39. The van der Waals surface area contributed by atoms with Gasteiger partial charge in [-0.15, -0.1) is 0 Å². The first-order chi connectivity index (χ1) is 13.6. The minimum atomic E-state index is 0.556. The zero-order valence-electron chi connectivity index (χ0n) is 15.2. The van der Waals surface area contributed by atoms with Crippen molar-refractivity contribution in [2.24, 2.45) is 4.99 Å². The number of aliphatic imine (C=N–C) groups is 1. The average molecular weight is 406 g/mol. The molecule has 0 saturated carbocycles. The Bertz CT molecular complexity index is 1110. The lowest BCUT2D eigenvalue weighted by atomic mass is 10.1. The first-order valence-electron chi connectivity index (χ1n) is 8.82. The first-order valence-corrected chi connectivity index (χ1v) is 9.58. The van der Waals surface area contributed by atoms with Gasteiger partial charge in [-0.3, -0.25) is 0 Å². The summed E-state index contributed by atoms with van der Waals surface area (Å²) in [6, 6.07) is 25.5. The van der Waals surface area contributed by atoms with Crippen molar-refractivity contribution in [3.05, 3.63) is 100 Å². The molecule has 28 heavy (non-hydrogen) atoms. The molecule has 0 amide bonds. The highest BCUT2D eigenvalue weighted by atomic mass is 35.5. The number of hydrogen-bond donors (Lipinski definition) is 0. The summed E-state index contributed by atoms with van der Waals surface area (Å²) in [5.41, 5.74) is 4.70. The Morgan fingerprint density at radius 3 is 2.21 bits per heavy atom. The van der Waals surface area contributed by atoms with Gasteiger partial charge in [0.25, 0.3) is 0 Å². The summed E-state index contributed by atoms with van der Waals surface area (Å²) in [6.07, 6.45) is 1.68. The molecule has 138 valence electrons. The largest absolute Gasteiger partial charge is 0.236 e. The number of hydrogen-bond acceptors (Lipinski definition) is 2. The van der Waals surface area contributed by atoms with Crippen LogP contribution in [-0.2, 0) is 0 Å². The van der Waals surface area contributed by atoms with Crippen molar-refractivity contribution in [3.63, 3.8) is 0 Å². The molecule has 1 heterocycles. The fraction of sp³-hybridized carbons (Fsp3) is 0.0435. The molecular weight excluding hydrogens is 389 g/mol. The highest BCUT2D eigenvalue weighted by molar-refractivity contribution is 6.38. The van der Waals surface area contributed by atoms with Crippen molar-refractivity contribution in [3.8, 4) is 16.9 Å². The van der Waals surface area contributed by atoms with Crippen molar-refractivity contribution < 1.29 is 0 Å². The molecule has 0 aliphatic heterocycles. The Morgan fingerprint density at radius 1 is 0.857 bits per heavy atom. The van der Waals surface area contributed by atoms with Gasteiger partial charge in [-0.2, -0.15) is 5.10 Å². The number of aromatic nitrogens is 2. The molecule has 1 aromatic heterocycles. The summed E-state index contributed by atoms with van der Waals surface area (Å²) in [6.45, 7) is 2.06. The summed E-state index contributed by atoms with van der Waals surface area (Å²) in [5.74, 6) is 0.692. The minimum Gasteiger partial charge on any atom is -0.236 e. The van der Waals surface area contributed by atoms with Crippen LogP contribution in [0.3, 0.4) is 0 Å². The van der Waals surface area contributed by atoms with Gasteiger partial charge in [0.05, 0.1) is 21.4 Å². The Hall–Kier alpha value is -2.88. The fourth-order valence-corrected chi connectivity index (χ4v) is 3.35. The molecule has 3 aromatic carbocycles. The number of para-hydroxylation sites is 1. The van der Waals surface area contributed by atoms with E-state index in [0.29, 0.717) is 21.4 Å². The maximum atomic E-state index is 6.27. The van der Waals surface area contributed by atoms with Gasteiger partial charge in [0.15, 0.2) is 5.82 Å². The van der Waals surface area contributed by atoms with Gasteiger partial charge < -0.3 is 0 Å². The molecule has 0 radical (unpaired) electrons. The lowest BCUT2D eigenvalue weighted by Crippen LogP contribution is -1.96. The normalized spacial score (nSPS) is 11.2. The van der Waals surface area contributed by atoms with E-state index in [0.717, 1.165) is 16.9 Å². The summed E-state index contributed by atoms with van der Waals surface area (Å²) in [7, 11) is 0. The summed E-state index contributed by atoms with van der Waals surface area (Å²) in [4.78, 5) is 4.64. The molecule has 3 nitrogen and oxygen atoms in total. The molecule has 0 N–H and O–H groups in total. The molecule has 0 saturated heterocycles. The minimum absolute atomic E-state index is 0.556. The van der Waals surface area contributed by atoms with Crippen molar-refractivity contribution in [1.29, 1.82) is 0 Å². The van der Waals surface area contributed by atoms with Crippen LogP contribution in [0, 0.1) is 6.92 Å². The van der Waals surface area contributed by atoms with E-state index in [4.69, 9.17) is 28.3 Å². The van der Waals surface area contributed by atoms with Crippen LogP contribution >= 0.6 is 23.2 Å². The third-order valence-electron chi connectivity index (χ3n) is 4.36. The quantitative estimate of drug-likeness (QED) is 0.339. The smallest absolute Gasteiger partial charge is 0.156 e. The predicted molar refractivity (Wildman–Crippen MR) is 117 cm³/mol. The van der Waals surface area contributed by atoms with Crippen LogP contribution < -0.4 is 0 Å². The van der Waals surface area contributed by atoms with Crippen LogP contribution in [0.4, 0.5) is 5.82 Å². The van der Waals surface area contributed by atoms with Crippen LogP contribution in [0.1, 0.15) is 11.1 Å². The van der Waals surface area contributed by atoms with Crippen LogP contribution in [0.15, 0.2) is 83.9 Å². The molecule has 0 aliphatic rings. The Balaban J connectivity index is 1.81. The molecule has 0 aliphatic carbocycles. The lowest BCUT2D eigenvalue weighted by Gasteiger charge is -2.04. The number of benzene rings is 3. The zero-order chi connectivity index (χ0) is 19.5. The second-order valence-corrected chi connectivity index (χ2v) is 7.21. The maximum absolute atomic E-state index is 6.27. The number of aryl methyl sites for hydroxylation is 1. The van der Waals surface area contributed by atoms with Gasteiger partial charge in [0.2, 0.25) is 0 Å². The molecule has 5 heteroatoms. The molecule has 0 bridgehead atoms. The molecule has 0 spiro atoms. The average Bonchev–Trinajstić information content (AvgIpc) is 3.13. The molecule has 4 aromatic rings. The maximum Gasteiger partial charge on any atom is 0.156 e. The van der Waals surface area contributed by atoms with Crippen molar-refractivity contribution in [2.75, 3.05) is 0 Å². The third kappa shape index (κ3) is 3.86. The topological polar surface area (TPSA) is 30.2 Å². The number of halogens is 2. The third-order valence-corrected chi connectivity index (χ3v) is 5.02. The van der Waals surface area contributed by atoms with Crippen LogP contribution in [0.2, 0.25) is 10.0 Å². The van der Waals surface area contributed by atoms with E-state index in [9.17, 15) is 0 Å². The van der Waals surface area contributed by atoms with Crippen LogP contribution in [0.5, 0.6) is 0 Å². The summed E-state index contributed by atoms with van der Waals surface area (Å²) in [5, 5.41) is 5.89. The summed E-state index contributed by atoms with van der Waals surface area (Å²) < 4.78 is 1.82. The molecular formula is C23H17Cl2N3. The molecule has 0 atom stereocenters. The van der Waals surface area contributed by atoms with Crippen molar-refractivity contribution in [2.45, 2.75) is 6.92 Å². The van der Waals surface area contributed by atoms with Gasteiger partial charge >= 0.3 is 0 Å². The fourth-order valence-electron chi connectivity index (χ4n) is 2.85. The van der Waals surface area contributed by atoms with E-state index in [1.54, 1.807) is 18.3 Å². The Morgan fingerprint density at radius 2 is 1.54 bits per heavy atom. The van der Waals surface area contributed by atoms with Gasteiger partial charge in [0.1, 0.15) is 0 Å². The monoisotopic (exact) mass is 405 g/mol.